The third-order valence-electron chi connectivity index (χ3n) is 3.44. The number of tetrazole rings is 1. The average molecular weight is 373 g/mol. The van der Waals surface area contributed by atoms with Crippen LogP contribution in [0.1, 0.15) is 21.9 Å². The van der Waals surface area contributed by atoms with E-state index in [0.29, 0.717) is 17.1 Å². The predicted octanol–water partition coefficient (Wildman–Crippen LogP) is 0.405. The highest BCUT2D eigenvalue weighted by atomic mass is 19.1. The van der Waals surface area contributed by atoms with Gasteiger partial charge in [0, 0.05) is 6.54 Å². The van der Waals surface area contributed by atoms with Crippen LogP contribution in [0.15, 0.2) is 24.3 Å². The molecule has 11 heteroatoms. The Morgan fingerprint density at radius 1 is 1.33 bits per heavy atom. The molecule has 10 nitrogen and oxygen atoms in total. The van der Waals surface area contributed by atoms with Crippen molar-refractivity contribution in [1.82, 2.24) is 35.9 Å². The predicted molar refractivity (Wildman–Crippen MR) is 90.1 cm³/mol. The lowest BCUT2D eigenvalue weighted by molar-refractivity contribution is 0.0945. The Balaban J connectivity index is 1.71. The Morgan fingerprint density at radius 3 is 2.93 bits per heavy atom. The first kappa shape index (κ1) is 18.3. The van der Waals surface area contributed by atoms with Crippen molar-refractivity contribution in [1.29, 1.82) is 0 Å². The van der Waals surface area contributed by atoms with Gasteiger partial charge in [-0.3, -0.25) is 4.79 Å². The van der Waals surface area contributed by atoms with Gasteiger partial charge in [-0.1, -0.05) is 6.07 Å². The second-order valence-electron chi connectivity index (χ2n) is 5.44. The number of amides is 1. The van der Waals surface area contributed by atoms with Crippen molar-refractivity contribution in [3.8, 4) is 17.3 Å². The maximum atomic E-state index is 13.6. The number of rotatable bonds is 7. The van der Waals surface area contributed by atoms with Gasteiger partial charge in [0.1, 0.15) is 23.8 Å². The molecular weight excluding hydrogens is 357 g/mol. The van der Waals surface area contributed by atoms with E-state index in [1.165, 1.54) is 24.3 Å². The maximum Gasteiger partial charge on any atom is 0.270 e. The molecule has 0 bridgehead atoms. The summed E-state index contributed by atoms with van der Waals surface area (Å²) in [7, 11) is 0. The Kier molecular flexibility index (Phi) is 5.61. The lowest BCUT2D eigenvalue weighted by Gasteiger charge is -2.09. The van der Waals surface area contributed by atoms with E-state index in [0.717, 1.165) is 0 Å². The number of aromatic amines is 1. The fourth-order valence-corrected chi connectivity index (χ4v) is 2.27. The van der Waals surface area contributed by atoms with Crippen LogP contribution in [0.3, 0.4) is 0 Å². The molecule has 2 aromatic heterocycles. The van der Waals surface area contributed by atoms with Crippen LogP contribution in [0, 0.1) is 12.7 Å². The zero-order chi connectivity index (χ0) is 19.2. The highest BCUT2D eigenvalue weighted by Gasteiger charge is 2.14. The number of H-pyrrole nitrogens is 1. The number of aromatic nitrogens is 6. The molecule has 0 saturated carbocycles. The Labute approximate surface area is 152 Å². The van der Waals surface area contributed by atoms with E-state index in [4.69, 9.17) is 9.84 Å². The normalized spacial score (nSPS) is 10.6. The Hall–Kier alpha value is -3.47. The molecule has 0 aliphatic heterocycles. The molecule has 1 aromatic carbocycles. The quantitative estimate of drug-likeness (QED) is 0.541. The van der Waals surface area contributed by atoms with Crippen LogP contribution in [-0.4, -0.2) is 54.8 Å². The molecule has 140 valence electrons. The summed E-state index contributed by atoms with van der Waals surface area (Å²) in [6.45, 7) is 1.53. The number of aliphatic hydroxyl groups is 1. The van der Waals surface area contributed by atoms with Crippen molar-refractivity contribution in [2.75, 3.05) is 13.2 Å². The van der Waals surface area contributed by atoms with Gasteiger partial charge in [-0.15, -0.1) is 10.2 Å². The van der Waals surface area contributed by atoms with Crippen molar-refractivity contribution >= 4 is 5.91 Å². The van der Waals surface area contributed by atoms with Gasteiger partial charge in [-0.2, -0.15) is 5.21 Å². The summed E-state index contributed by atoms with van der Waals surface area (Å²) in [5.41, 5.74) is 1.13. The zero-order valence-electron chi connectivity index (χ0n) is 14.3. The Morgan fingerprint density at radius 2 is 2.19 bits per heavy atom. The second-order valence-corrected chi connectivity index (χ2v) is 5.44. The van der Waals surface area contributed by atoms with E-state index < -0.39 is 11.7 Å². The van der Waals surface area contributed by atoms with Crippen molar-refractivity contribution in [3.63, 3.8) is 0 Å². The highest BCUT2D eigenvalue weighted by molar-refractivity contribution is 5.93. The SMILES string of the molecule is Cc1nc(C(=O)NCc2ccc(F)c(OCCO)c2)cc(-c2nn[nH]n2)n1. The van der Waals surface area contributed by atoms with E-state index in [2.05, 4.69) is 35.9 Å². The minimum atomic E-state index is -0.547. The topological polar surface area (TPSA) is 139 Å². The van der Waals surface area contributed by atoms with Gasteiger partial charge in [0.25, 0.3) is 5.91 Å². The molecule has 0 unspecified atom stereocenters. The molecule has 3 rings (SSSR count). The molecule has 1 amide bonds. The summed E-state index contributed by atoms with van der Waals surface area (Å²) in [5, 5.41) is 24.9. The van der Waals surface area contributed by atoms with Crippen molar-refractivity contribution in [2.45, 2.75) is 13.5 Å². The summed E-state index contributed by atoms with van der Waals surface area (Å²) in [6, 6.07) is 5.67. The third kappa shape index (κ3) is 4.58. The molecule has 0 spiro atoms. The number of halogens is 1. The van der Waals surface area contributed by atoms with Gasteiger partial charge < -0.3 is 15.2 Å². The average Bonchev–Trinajstić information content (AvgIpc) is 3.20. The van der Waals surface area contributed by atoms with E-state index in [9.17, 15) is 9.18 Å². The number of ether oxygens (including phenoxy) is 1. The first-order valence-electron chi connectivity index (χ1n) is 7.96. The van der Waals surface area contributed by atoms with Crippen LogP contribution < -0.4 is 10.1 Å². The minimum Gasteiger partial charge on any atom is -0.488 e. The van der Waals surface area contributed by atoms with Crippen LogP contribution in [-0.2, 0) is 6.54 Å². The number of hydrogen-bond acceptors (Lipinski definition) is 8. The first-order chi connectivity index (χ1) is 13.1. The van der Waals surface area contributed by atoms with Gasteiger partial charge >= 0.3 is 0 Å². The third-order valence-corrected chi connectivity index (χ3v) is 3.44. The van der Waals surface area contributed by atoms with Crippen LogP contribution in [0.5, 0.6) is 5.75 Å². The van der Waals surface area contributed by atoms with Gasteiger partial charge in [0.05, 0.1) is 6.61 Å². The zero-order valence-corrected chi connectivity index (χ0v) is 14.3. The minimum absolute atomic E-state index is 0.00747. The fraction of sp³-hybridized carbons (Fsp3) is 0.250. The van der Waals surface area contributed by atoms with Crippen molar-refractivity contribution in [3.05, 3.63) is 47.2 Å². The second kappa shape index (κ2) is 8.27. The molecule has 0 saturated heterocycles. The number of carbonyl (C=O) groups excluding carboxylic acids is 1. The summed E-state index contributed by atoms with van der Waals surface area (Å²) in [4.78, 5) is 20.7. The van der Waals surface area contributed by atoms with Crippen molar-refractivity contribution < 1.29 is 19.0 Å². The molecule has 0 fully saturated rings. The van der Waals surface area contributed by atoms with Gasteiger partial charge in [-0.05, 0) is 35.9 Å². The molecule has 0 aliphatic carbocycles. The molecule has 3 aromatic rings. The lowest BCUT2D eigenvalue weighted by atomic mass is 10.2. The number of hydrogen-bond donors (Lipinski definition) is 3. The van der Waals surface area contributed by atoms with E-state index in [1.807, 2.05) is 0 Å². The number of benzene rings is 1. The van der Waals surface area contributed by atoms with Crippen LogP contribution >= 0.6 is 0 Å². The summed E-state index contributed by atoms with van der Waals surface area (Å²) >= 11 is 0. The number of nitrogens with one attached hydrogen (secondary N) is 2. The molecular formula is C16H16FN7O3. The standard InChI is InChI=1S/C16H16FN7O3/c1-9-19-12(15-21-23-24-22-15)7-13(20-9)16(26)18-8-10-2-3-11(17)14(6-10)27-5-4-25/h2-3,6-7,25H,4-5,8H2,1H3,(H,18,26)(H,21,22,23,24). The monoisotopic (exact) mass is 373 g/mol. The van der Waals surface area contributed by atoms with Crippen LogP contribution in [0.4, 0.5) is 4.39 Å². The molecule has 2 heterocycles. The summed E-state index contributed by atoms with van der Waals surface area (Å²) in [5.74, 6) is -0.349. The smallest absolute Gasteiger partial charge is 0.270 e. The number of carbonyl (C=O) groups is 1. The van der Waals surface area contributed by atoms with Gasteiger partial charge in [0.2, 0.25) is 5.82 Å². The molecule has 27 heavy (non-hydrogen) atoms. The first-order valence-corrected chi connectivity index (χ1v) is 7.96. The number of aliphatic hydroxyl groups excluding tert-OH is 1. The van der Waals surface area contributed by atoms with Crippen LogP contribution in [0.25, 0.3) is 11.5 Å². The molecule has 0 radical (unpaired) electrons. The summed E-state index contributed by atoms with van der Waals surface area (Å²) < 4.78 is 18.8. The van der Waals surface area contributed by atoms with E-state index in [1.54, 1.807) is 6.92 Å². The number of nitrogens with zero attached hydrogens (tertiary/aromatic N) is 5. The largest absolute Gasteiger partial charge is 0.488 e. The Bertz CT molecular complexity index is 934. The fourth-order valence-electron chi connectivity index (χ4n) is 2.27. The van der Waals surface area contributed by atoms with Gasteiger partial charge in [-0.25, -0.2) is 14.4 Å². The van der Waals surface area contributed by atoms with Crippen LogP contribution in [0.2, 0.25) is 0 Å². The highest BCUT2D eigenvalue weighted by Crippen LogP contribution is 2.19. The molecule has 3 N–H and O–H groups in total. The molecule has 0 atom stereocenters. The lowest BCUT2D eigenvalue weighted by Crippen LogP contribution is -2.24. The van der Waals surface area contributed by atoms with Crippen molar-refractivity contribution in [2.24, 2.45) is 0 Å². The molecule has 0 aliphatic rings. The van der Waals surface area contributed by atoms with Gasteiger partial charge in [0.15, 0.2) is 11.6 Å². The maximum absolute atomic E-state index is 13.6. The summed E-state index contributed by atoms with van der Waals surface area (Å²) in [6.07, 6.45) is 0. The number of aryl methyl sites for hydroxylation is 1. The van der Waals surface area contributed by atoms with E-state index in [-0.39, 0.29) is 37.0 Å². The van der Waals surface area contributed by atoms with E-state index >= 15 is 0 Å².